The van der Waals surface area contributed by atoms with Gasteiger partial charge in [-0.3, -0.25) is 0 Å². The number of benzene rings is 7. The molecule has 0 N–H and O–H groups in total. The molecule has 144 valence electrons. The third kappa shape index (κ3) is 2.30. The number of halogens is 1. The van der Waals surface area contributed by atoms with Gasteiger partial charge in [-0.25, -0.2) is 0 Å². The van der Waals surface area contributed by atoms with Gasteiger partial charge in [-0.05, 0) is 80.9 Å². The minimum Gasteiger partial charge on any atom is -0.0616 e. The Morgan fingerprint density at radius 2 is 0.903 bits per heavy atom. The van der Waals surface area contributed by atoms with E-state index in [1.807, 2.05) is 0 Å². The highest BCUT2D eigenvalue weighted by atomic mass is 79.9. The van der Waals surface area contributed by atoms with Crippen molar-refractivity contribution in [1.29, 1.82) is 0 Å². The van der Waals surface area contributed by atoms with Crippen LogP contribution in [0.15, 0.2) is 108 Å². The molecule has 7 aromatic carbocycles. The first kappa shape index (κ1) is 17.3. The van der Waals surface area contributed by atoms with Gasteiger partial charge in [-0.1, -0.05) is 103 Å². The van der Waals surface area contributed by atoms with Gasteiger partial charge in [-0.2, -0.15) is 0 Å². The molecule has 7 rings (SSSR count). The molecule has 0 aliphatic heterocycles. The lowest BCUT2D eigenvalue weighted by Gasteiger charge is -2.18. The third-order valence-corrected chi connectivity index (χ3v) is 7.52. The van der Waals surface area contributed by atoms with Crippen LogP contribution < -0.4 is 0 Å². The van der Waals surface area contributed by atoms with Crippen molar-refractivity contribution in [2.24, 2.45) is 0 Å². The summed E-state index contributed by atoms with van der Waals surface area (Å²) in [6.45, 7) is 0. The minimum atomic E-state index is 1.17. The van der Waals surface area contributed by atoms with Gasteiger partial charge in [0, 0.05) is 4.47 Å². The zero-order chi connectivity index (χ0) is 20.5. The van der Waals surface area contributed by atoms with Gasteiger partial charge in [0.2, 0.25) is 0 Å². The summed E-state index contributed by atoms with van der Waals surface area (Å²) >= 11 is 3.89. The molecule has 0 amide bonds. The van der Waals surface area contributed by atoms with E-state index in [4.69, 9.17) is 0 Å². The Morgan fingerprint density at radius 3 is 1.55 bits per heavy atom. The molecular formula is C30H17Br. The Kier molecular flexibility index (Phi) is 3.51. The SMILES string of the molecule is Brc1c2ccccc2c(-c2ccc3ccc4cccc5ccc2c3c45)c2ccccc12. The van der Waals surface area contributed by atoms with Crippen LogP contribution in [-0.2, 0) is 0 Å². The summed E-state index contributed by atoms with van der Waals surface area (Å²) in [5, 5.41) is 13.0. The fourth-order valence-corrected chi connectivity index (χ4v) is 6.01. The van der Waals surface area contributed by atoms with Crippen LogP contribution in [0, 0.1) is 0 Å². The third-order valence-electron chi connectivity index (χ3n) is 6.66. The summed E-state index contributed by atoms with van der Waals surface area (Å²) in [5.74, 6) is 0. The fourth-order valence-electron chi connectivity index (χ4n) is 5.32. The lowest BCUT2D eigenvalue weighted by Crippen LogP contribution is -1.90. The Balaban J connectivity index is 1.75. The molecule has 31 heavy (non-hydrogen) atoms. The van der Waals surface area contributed by atoms with E-state index in [0.29, 0.717) is 0 Å². The van der Waals surface area contributed by atoms with Crippen molar-refractivity contribution in [3.05, 3.63) is 108 Å². The zero-order valence-electron chi connectivity index (χ0n) is 16.7. The molecule has 0 heterocycles. The molecule has 7 aromatic rings. The molecule has 0 aliphatic rings. The van der Waals surface area contributed by atoms with Crippen molar-refractivity contribution in [2.75, 3.05) is 0 Å². The first-order chi connectivity index (χ1) is 15.3. The monoisotopic (exact) mass is 456 g/mol. The highest BCUT2D eigenvalue weighted by Gasteiger charge is 2.17. The van der Waals surface area contributed by atoms with Crippen LogP contribution in [0.3, 0.4) is 0 Å². The highest BCUT2D eigenvalue weighted by molar-refractivity contribution is 9.10. The summed E-state index contributed by atoms with van der Waals surface area (Å²) in [7, 11) is 0. The van der Waals surface area contributed by atoms with E-state index in [1.54, 1.807) is 0 Å². The van der Waals surface area contributed by atoms with Gasteiger partial charge in [0.05, 0.1) is 0 Å². The molecule has 0 saturated carbocycles. The summed E-state index contributed by atoms with van der Waals surface area (Å²) in [4.78, 5) is 0. The summed E-state index contributed by atoms with van der Waals surface area (Å²) < 4.78 is 1.17. The molecular weight excluding hydrogens is 440 g/mol. The molecule has 1 heteroatoms. The van der Waals surface area contributed by atoms with Gasteiger partial charge in [0.1, 0.15) is 0 Å². The van der Waals surface area contributed by atoms with E-state index in [2.05, 4.69) is 119 Å². The molecule has 0 unspecified atom stereocenters. The van der Waals surface area contributed by atoms with Crippen molar-refractivity contribution in [3.63, 3.8) is 0 Å². The average Bonchev–Trinajstić information content (AvgIpc) is 2.83. The Labute approximate surface area is 188 Å². The van der Waals surface area contributed by atoms with Crippen LogP contribution in [0.25, 0.3) is 65.0 Å². The first-order valence-electron chi connectivity index (χ1n) is 10.6. The predicted octanol–water partition coefficient (Wildman–Crippen LogP) is 9.32. The van der Waals surface area contributed by atoms with Crippen LogP contribution in [0.1, 0.15) is 0 Å². The van der Waals surface area contributed by atoms with Crippen LogP contribution in [0.4, 0.5) is 0 Å². The molecule has 0 bridgehead atoms. The lowest BCUT2D eigenvalue weighted by molar-refractivity contribution is 1.71. The fraction of sp³-hybridized carbons (Fsp3) is 0. The maximum Gasteiger partial charge on any atom is 0.0332 e. The number of hydrogen-bond acceptors (Lipinski definition) is 0. The average molecular weight is 457 g/mol. The predicted molar refractivity (Wildman–Crippen MR) is 138 cm³/mol. The van der Waals surface area contributed by atoms with Gasteiger partial charge < -0.3 is 0 Å². The van der Waals surface area contributed by atoms with Crippen molar-refractivity contribution in [2.45, 2.75) is 0 Å². The number of hydrogen-bond donors (Lipinski definition) is 0. The second-order valence-electron chi connectivity index (χ2n) is 8.25. The molecule has 0 fully saturated rings. The maximum atomic E-state index is 3.89. The molecule has 0 saturated heterocycles. The van der Waals surface area contributed by atoms with Crippen molar-refractivity contribution in [1.82, 2.24) is 0 Å². The van der Waals surface area contributed by atoms with E-state index in [-0.39, 0.29) is 0 Å². The van der Waals surface area contributed by atoms with E-state index in [9.17, 15) is 0 Å². The van der Waals surface area contributed by atoms with Crippen LogP contribution in [0.2, 0.25) is 0 Å². The van der Waals surface area contributed by atoms with Gasteiger partial charge in [0.15, 0.2) is 0 Å². The smallest absolute Gasteiger partial charge is 0.0332 e. The molecule has 0 aliphatic carbocycles. The molecule has 0 aromatic heterocycles. The van der Waals surface area contributed by atoms with Crippen molar-refractivity contribution >= 4 is 69.8 Å². The summed E-state index contributed by atoms with van der Waals surface area (Å²) in [6, 6.07) is 37.7. The van der Waals surface area contributed by atoms with Gasteiger partial charge in [0.25, 0.3) is 0 Å². The minimum absolute atomic E-state index is 1.17. The molecule has 0 spiro atoms. The number of fused-ring (bicyclic) bond motifs is 2. The van der Waals surface area contributed by atoms with Crippen LogP contribution in [0.5, 0.6) is 0 Å². The van der Waals surface area contributed by atoms with Gasteiger partial charge >= 0.3 is 0 Å². The topological polar surface area (TPSA) is 0 Å². The zero-order valence-corrected chi connectivity index (χ0v) is 18.3. The van der Waals surface area contributed by atoms with E-state index in [0.717, 1.165) is 0 Å². The normalized spacial score (nSPS) is 12.0. The number of rotatable bonds is 1. The van der Waals surface area contributed by atoms with E-state index < -0.39 is 0 Å². The first-order valence-corrected chi connectivity index (χ1v) is 11.4. The Morgan fingerprint density at radius 1 is 0.387 bits per heavy atom. The van der Waals surface area contributed by atoms with Crippen molar-refractivity contribution < 1.29 is 0 Å². The second kappa shape index (κ2) is 6.29. The second-order valence-corrected chi connectivity index (χ2v) is 9.04. The van der Waals surface area contributed by atoms with Crippen LogP contribution in [-0.4, -0.2) is 0 Å². The van der Waals surface area contributed by atoms with Gasteiger partial charge in [-0.15, -0.1) is 0 Å². The Hall–Kier alpha value is -3.42. The van der Waals surface area contributed by atoms with Crippen molar-refractivity contribution in [3.8, 4) is 11.1 Å². The largest absolute Gasteiger partial charge is 0.0616 e. The maximum absolute atomic E-state index is 3.89. The van der Waals surface area contributed by atoms with E-state index >= 15 is 0 Å². The summed E-state index contributed by atoms with van der Waals surface area (Å²) in [6.07, 6.45) is 0. The standard InChI is InChI=1S/C30H17Br/c31-30-25-10-3-1-8-21(25)29(22-9-2-4-11-26(22)30)24-17-15-20-13-12-18-6-5-7-19-14-16-23(24)28(20)27(18)19/h1-17H. The Bertz CT molecular complexity index is 1720. The molecule has 0 nitrogen and oxygen atoms in total. The summed E-state index contributed by atoms with van der Waals surface area (Å²) in [5.41, 5.74) is 2.61. The lowest BCUT2D eigenvalue weighted by atomic mass is 9.86. The molecule has 0 atom stereocenters. The van der Waals surface area contributed by atoms with Crippen LogP contribution >= 0.6 is 15.9 Å². The van der Waals surface area contributed by atoms with E-state index in [1.165, 1.54) is 69.5 Å². The quantitative estimate of drug-likeness (QED) is 0.170. The molecule has 0 radical (unpaired) electrons. The highest BCUT2D eigenvalue weighted by Crippen LogP contribution is 2.45.